The SMILES string of the molecule is Cc1nnc(N2CCN(C(=O)CCC(C)[C@H]3CC[C@H]4[C@@H]5CC=C6C[C@@H](O)CC[C@]6(C)[C@H]5CC[C@]34C)C[C@@H]2C)o1. The first-order valence-electron chi connectivity index (χ1n) is 15.8. The number of aryl methyl sites for hydroxylation is 1. The van der Waals surface area contributed by atoms with Gasteiger partial charge < -0.3 is 19.3 Å². The molecule has 1 unspecified atom stereocenters. The Morgan fingerprint density at radius 2 is 1.97 bits per heavy atom. The average molecular weight is 539 g/mol. The van der Waals surface area contributed by atoms with E-state index in [1.165, 1.54) is 32.1 Å². The second-order valence-electron chi connectivity index (χ2n) is 14.4. The zero-order valence-corrected chi connectivity index (χ0v) is 24.9. The molecule has 9 atom stereocenters. The maximum atomic E-state index is 13.3. The minimum absolute atomic E-state index is 0.129. The summed E-state index contributed by atoms with van der Waals surface area (Å²) in [5.41, 5.74) is 2.28. The number of aromatic nitrogens is 2. The number of amides is 1. The number of aliphatic hydroxyl groups excluding tert-OH is 1. The maximum absolute atomic E-state index is 13.3. The topological polar surface area (TPSA) is 82.7 Å². The van der Waals surface area contributed by atoms with Gasteiger partial charge in [-0.2, -0.15) is 0 Å². The highest BCUT2D eigenvalue weighted by molar-refractivity contribution is 5.76. The molecule has 0 bridgehead atoms. The second-order valence-corrected chi connectivity index (χ2v) is 14.4. The van der Waals surface area contributed by atoms with Gasteiger partial charge in [0.2, 0.25) is 11.8 Å². The predicted molar refractivity (Wildman–Crippen MR) is 152 cm³/mol. The van der Waals surface area contributed by atoms with E-state index in [-0.39, 0.29) is 12.1 Å². The Morgan fingerprint density at radius 1 is 1.15 bits per heavy atom. The Hall–Kier alpha value is -1.89. The van der Waals surface area contributed by atoms with Crippen molar-refractivity contribution in [2.24, 2.45) is 40.4 Å². The van der Waals surface area contributed by atoms with Crippen molar-refractivity contribution in [2.75, 3.05) is 24.5 Å². The number of fused-ring (bicyclic) bond motifs is 5. The van der Waals surface area contributed by atoms with Gasteiger partial charge in [0.05, 0.1) is 6.10 Å². The Bertz CT molecular complexity index is 1100. The molecule has 5 aliphatic rings. The summed E-state index contributed by atoms with van der Waals surface area (Å²) in [5.74, 6) is 4.57. The number of hydrogen-bond donors (Lipinski definition) is 1. The lowest BCUT2D eigenvalue weighted by Gasteiger charge is -2.58. The van der Waals surface area contributed by atoms with E-state index in [4.69, 9.17) is 4.42 Å². The van der Waals surface area contributed by atoms with Gasteiger partial charge in [-0.05, 0) is 105 Å². The number of carbonyl (C=O) groups is 1. The van der Waals surface area contributed by atoms with E-state index in [1.54, 1.807) is 5.57 Å². The van der Waals surface area contributed by atoms with E-state index >= 15 is 0 Å². The minimum Gasteiger partial charge on any atom is -0.408 e. The molecule has 1 aromatic heterocycles. The van der Waals surface area contributed by atoms with Gasteiger partial charge in [-0.25, -0.2) is 0 Å². The maximum Gasteiger partial charge on any atom is 0.318 e. The van der Waals surface area contributed by atoms with Crippen LogP contribution < -0.4 is 4.90 Å². The summed E-state index contributed by atoms with van der Waals surface area (Å²) in [6.45, 7) is 13.7. The quantitative estimate of drug-likeness (QED) is 0.479. The molecule has 1 N–H and O–H groups in total. The van der Waals surface area contributed by atoms with E-state index in [1.807, 2.05) is 6.92 Å². The van der Waals surface area contributed by atoms with Gasteiger partial charge >= 0.3 is 6.01 Å². The molecule has 4 aliphatic carbocycles. The third-order valence-electron chi connectivity index (χ3n) is 12.4. The number of aliphatic hydroxyl groups is 1. The van der Waals surface area contributed by atoms with Gasteiger partial charge in [0, 0.05) is 39.0 Å². The number of carbonyl (C=O) groups excluding carboxylic acids is 1. The van der Waals surface area contributed by atoms with E-state index < -0.39 is 0 Å². The summed E-state index contributed by atoms with van der Waals surface area (Å²) in [4.78, 5) is 17.5. The summed E-state index contributed by atoms with van der Waals surface area (Å²) in [6, 6.07) is 0.739. The van der Waals surface area contributed by atoms with Gasteiger partial charge in [0.15, 0.2) is 0 Å². The number of piperazine rings is 1. The molecule has 0 aromatic carbocycles. The van der Waals surface area contributed by atoms with Crippen molar-refractivity contribution in [1.82, 2.24) is 15.1 Å². The Labute approximate surface area is 234 Å². The lowest BCUT2D eigenvalue weighted by atomic mass is 9.47. The molecule has 1 amide bonds. The van der Waals surface area contributed by atoms with Crippen LogP contribution in [0.3, 0.4) is 0 Å². The van der Waals surface area contributed by atoms with Crippen molar-refractivity contribution in [1.29, 1.82) is 0 Å². The molecule has 0 radical (unpaired) electrons. The van der Waals surface area contributed by atoms with Crippen LogP contribution in [0.2, 0.25) is 0 Å². The standard InChI is InChI=1S/C32H50N4O3/c1-20(6-11-29(38)35-16-17-36(21(2)19-35)30-34-33-22(3)39-30)26-9-10-27-25-8-7-23-18-24(37)12-14-31(23,4)28(25)13-15-32(26,27)5/h7,20-21,24-28,37H,6,8-19H2,1-5H3/t20?,21-,24-,25-,26+,27-,28-,31-,32+/m0/s1. The molecule has 3 saturated carbocycles. The number of nitrogens with zero attached hydrogens (tertiary/aromatic N) is 4. The highest BCUT2D eigenvalue weighted by atomic mass is 16.4. The van der Waals surface area contributed by atoms with Crippen molar-refractivity contribution < 1.29 is 14.3 Å². The number of rotatable bonds is 5. The molecular weight excluding hydrogens is 488 g/mol. The lowest BCUT2D eigenvalue weighted by molar-refractivity contribution is -0.132. The van der Waals surface area contributed by atoms with Crippen LogP contribution in [0.1, 0.15) is 97.8 Å². The monoisotopic (exact) mass is 538 g/mol. The predicted octanol–water partition coefficient (Wildman–Crippen LogP) is 5.77. The Morgan fingerprint density at radius 3 is 2.72 bits per heavy atom. The van der Waals surface area contributed by atoms with Crippen LogP contribution >= 0.6 is 0 Å². The fourth-order valence-corrected chi connectivity index (χ4v) is 10.2. The highest BCUT2D eigenvalue weighted by Gasteiger charge is 2.59. The molecule has 6 rings (SSSR count). The second kappa shape index (κ2) is 10.2. The van der Waals surface area contributed by atoms with Crippen molar-refractivity contribution in [2.45, 2.75) is 111 Å². The third kappa shape index (κ3) is 4.64. The van der Waals surface area contributed by atoms with Crippen LogP contribution in [-0.4, -0.2) is 57.9 Å². The fraction of sp³-hybridized carbons (Fsp3) is 0.844. The summed E-state index contributed by atoms with van der Waals surface area (Å²) in [6.07, 6.45) is 13.7. The van der Waals surface area contributed by atoms with Gasteiger partial charge in [-0.1, -0.05) is 37.5 Å². The van der Waals surface area contributed by atoms with Crippen LogP contribution in [0.5, 0.6) is 0 Å². The molecule has 7 heteroatoms. The van der Waals surface area contributed by atoms with Crippen LogP contribution in [-0.2, 0) is 4.79 Å². The molecule has 0 spiro atoms. The normalized spacial score (nSPS) is 40.9. The minimum atomic E-state index is -0.129. The first-order valence-corrected chi connectivity index (χ1v) is 15.8. The van der Waals surface area contributed by atoms with E-state index in [0.717, 1.165) is 62.4 Å². The zero-order chi connectivity index (χ0) is 27.5. The molecule has 7 nitrogen and oxygen atoms in total. The number of allylic oxidation sites excluding steroid dienone is 1. The van der Waals surface area contributed by atoms with Gasteiger partial charge in [0.25, 0.3) is 0 Å². The Balaban J connectivity index is 1.05. The first kappa shape index (κ1) is 27.3. The van der Waals surface area contributed by atoms with E-state index in [9.17, 15) is 9.90 Å². The molecule has 2 heterocycles. The van der Waals surface area contributed by atoms with Crippen molar-refractivity contribution in [3.05, 3.63) is 17.5 Å². The lowest BCUT2D eigenvalue weighted by Crippen LogP contribution is -2.54. The van der Waals surface area contributed by atoms with Gasteiger partial charge in [-0.15, -0.1) is 5.10 Å². The van der Waals surface area contributed by atoms with Gasteiger partial charge in [-0.3, -0.25) is 4.79 Å². The molecule has 39 heavy (non-hydrogen) atoms. The van der Waals surface area contributed by atoms with Crippen LogP contribution in [0, 0.1) is 47.3 Å². The third-order valence-corrected chi connectivity index (χ3v) is 12.4. The summed E-state index contributed by atoms with van der Waals surface area (Å²) in [5, 5.41) is 18.5. The van der Waals surface area contributed by atoms with E-state index in [0.29, 0.717) is 47.5 Å². The van der Waals surface area contributed by atoms with Crippen LogP contribution in [0.4, 0.5) is 6.01 Å². The smallest absolute Gasteiger partial charge is 0.318 e. The van der Waals surface area contributed by atoms with E-state index in [2.05, 4.69) is 53.8 Å². The molecular formula is C32H50N4O3. The van der Waals surface area contributed by atoms with Crippen molar-refractivity contribution >= 4 is 11.9 Å². The van der Waals surface area contributed by atoms with Crippen LogP contribution in [0.15, 0.2) is 16.1 Å². The largest absolute Gasteiger partial charge is 0.408 e. The van der Waals surface area contributed by atoms with Crippen LogP contribution in [0.25, 0.3) is 0 Å². The highest BCUT2D eigenvalue weighted by Crippen LogP contribution is 2.67. The zero-order valence-electron chi connectivity index (χ0n) is 24.9. The molecule has 216 valence electrons. The molecule has 1 aliphatic heterocycles. The number of anilines is 1. The van der Waals surface area contributed by atoms with Gasteiger partial charge in [0.1, 0.15) is 0 Å². The van der Waals surface area contributed by atoms with Crippen molar-refractivity contribution in [3.63, 3.8) is 0 Å². The molecule has 1 saturated heterocycles. The summed E-state index contributed by atoms with van der Waals surface area (Å²) >= 11 is 0. The Kier molecular flexibility index (Phi) is 7.13. The molecule has 4 fully saturated rings. The summed E-state index contributed by atoms with van der Waals surface area (Å²) < 4.78 is 5.63. The summed E-state index contributed by atoms with van der Waals surface area (Å²) in [7, 11) is 0. The average Bonchev–Trinajstić information content (AvgIpc) is 3.50. The number of hydrogen-bond acceptors (Lipinski definition) is 6. The van der Waals surface area contributed by atoms with Crippen molar-refractivity contribution in [3.8, 4) is 0 Å². The first-order chi connectivity index (χ1) is 18.6. The molecule has 1 aromatic rings. The fourth-order valence-electron chi connectivity index (χ4n) is 10.2.